The van der Waals surface area contributed by atoms with Gasteiger partial charge in [0.05, 0.1) is 0 Å². The summed E-state index contributed by atoms with van der Waals surface area (Å²) in [5.74, 6) is 0. The molecule has 0 aliphatic carbocycles. The van der Waals surface area contributed by atoms with Gasteiger partial charge in [-0.25, -0.2) is 0 Å². The fourth-order valence-electron chi connectivity index (χ4n) is 2.29. The van der Waals surface area contributed by atoms with E-state index in [9.17, 15) is 0 Å². The molecule has 1 unspecified atom stereocenters. The maximum absolute atomic E-state index is 6.18. The second kappa shape index (κ2) is 6.23. The Morgan fingerprint density at radius 2 is 1.68 bits per heavy atom. The highest BCUT2D eigenvalue weighted by atomic mass is 35.5. The number of halogens is 1. The minimum Gasteiger partial charge on any atom is -0.313 e. The molecule has 0 aliphatic heterocycles. The second-order valence-electron chi connectivity index (χ2n) is 4.84. The normalized spacial score (nSPS) is 12.4. The smallest absolute Gasteiger partial charge is 0.0441 e. The monoisotopic (exact) mass is 273 g/mol. The van der Waals surface area contributed by atoms with Gasteiger partial charge in [-0.1, -0.05) is 54.9 Å². The summed E-state index contributed by atoms with van der Waals surface area (Å²) in [6, 6.07) is 15.3. The van der Waals surface area contributed by atoms with E-state index >= 15 is 0 Å². The van der Waals surface area contributed by atoms with Crippen LogP contribution in [0.25, 0.3) is 11.1 Å². The van der Waals surface area contributed by atoms with Crippen molar-refractivity contribution in [1.82, 2.24) is 5.32 Å². The summed E-state index contributed by atoms with van der Waals surface area (Å²) >= 11 is 6.18. The Balaban J connectivity index is 2.29. The Kier molecular flexibility index (Phi) is 4.62. The Morgan fingerprint density at radius 3 is 2.21 bits per heavy atom. The first-order chi connectivity index (χ1) is 9.15. The molecule has 2 aromatic carbocycles. The van der Waals surface area contributed by atoms with Gasteiger partial charge in [-0.15, -0.1) is 0 Å². The van der Waals surface area contributed by atoms with Crippen molar-refractivity contribution in [2.24, 2.45) is 0 Å². The van der Waals surface area contributed by atoms with Crippen LogP contribution in [0.15, 0.2) is 42.5 Å². The maximum atomic E-state index is 6.18. The second-order valence-corrected chi connectivity index (χ2v) is 5.24. The number of hydrogen-bond donors (Lipinski definition) is 1. The zero-order chi connectivity index (χ0) is 13.8. The molecule has 0 heterocycles. The lowest BCUT2D eigenvalue weighted by Gasteiger charge is -2.14. The molecule has 2 heteroatoms. The molecule has 2 aromatic rings. The lowest BCUT2D eigenvalue weighted by Crippen LogP contribution is -2.14. The number of benzene rings is 2. The molecule has 2 rings (SSSR count). The molecule has 0 fully saturated rings. The van der Waals surface area contributed by atoms with Crippen LogP contribution in [0.1, 0.15) is 30.5 Å². The van der Waals surface area contributed by atoms with E-state index in [2.05, 4.69) is 48.6 Å². The average Bonchev–Trinajstić information content (AvgIpc) is 2.44. The summed E-state index contributed by atoms with van der Waals surface area (Å²) in [5.41, 5.74) is 4.81. The Morgan fingerprint density at radius 1 is 1.05 bits per heavy atom. The van der Waals surface area contributed by atoms with E-state index in [4.69, 9.17) is 11.6 Å². The molecule has 0 aromatic heterocycles. The van der Waals surface area contributed by atoms with E-state index in [1.54, 1.807) is 0 Å². The summed E-state index contributed by atoms with van der Waals surface area (Å²) in [7, 11) is 2.00. The lowest BCUT2D eigenvalue weighted by molar-refractivity contribution is 0.577. The number of aryl methyl sites for hydroxylation is 1. The third-order valence-corrected chi connectivity index (χ3v) is 3.98. The highest BCUT2D eigenvalue weighted by Gasteiger charge is 2.07. The number of hydrogen-bond acceptors (Lipinski definition) is 1. The average molecular weight is 274 g/mol. The van der Waals surface area contributed by atoms with Crippen LogP contribution in [0.3, 0.4) is 0 Å². The van der Waals surface area contributed by atoms with Crippen molar-refractivity contribution in [3.05, 3.63) is 58.6 Å². The minimum atomic E-state index is 0.427. The summed E-state index contributed by atoms with van der Waals surface area (Å²) < 4.78 is 0. The van der Waals surface area contributed by atoms with Crippen LogP contribution in [0.5, 0.6) is 0 Å². The first-order valence-electron chi connectivity index (χ1n) is 6.69. The SMILES string of the molecule is CCC(NC)c1ccc(-c2ccc(C)c(Cl)c2)cc1. The van der Waals surface area contributed by atoms with E-state index in [-0.39, 0.29) is 0 Å². The van der Waals surface area contributed by atoms with Crippen LogP contribution in [0.2, 0.25) is 5.02 Å². The summed E-state index contributed by atoms with van der Waals surface area (Å²) in [4.78, 5) is 0. The molecule has 0 amide bonds. The molecule has 1 atom stereocenters. The highest BCUT2D eigenvalue weighted by molar-refractivity contribution is 6.31. The van der Waals surface area contributed by atoms with Crippen LogP contribution >= 0.6 is 11.6 Å². The zero-order valence-corrected chi connectivity index (χ0v) is 12.5. The van der Waals surface area contributed by atoms with E-state index in [1.165, 1.54) is 16.7 Å². The summed E-state index contributed by atoms with van der Waals surface area (Å²) in [6.45, 7) is 4.21. The lowest BCUT2D eigenvalue weighted by atomic mass is 9.99. The molecule has 0 aliphatic rings. The maximum Gasteiger partial charge on any atom is 0.0441 e. The molecule has 0 radical (unpaired) electrons. The molecule has 0 saturated heterocycles. The Bertz CT molecular complexity index is 542. The van der Waals surface area contributed by atoms with Gasteiger partial charge in [-0.05, 0) is 48.7 Å². The van der Waals surface area contributed by atoms with Gasteiger partial charge in [0, 0.05) is 11.1 Å². The zero-order valence-electron chi connectivity index (χ0n) is 11.7. The summed E-state index contributed by atoms with van der Waals surface area (Å²) in [5, 5.41) is 4.15. The minimum absolute atomic E-state index is 0.427. The van der Waals surface area contributed by atoms with Crippen LogP contribution < -0.4 is 5.32 Å². The fraction of sp³-hybridized carbons (Fsp3) is 0.294. The molecular formula is C17H20ClN. The van der Waals surface area contributed by atoms with Gasteiger partial charge in [-0.2, -0.15) is 0 Å². The molecule has 1 nitrogen and oxygen atoms in total. The van der Waals surface area contributed by atoms with Gasteiger partial charge < -0.3 is 5.32 Å². The van der Waals surface area contributed by atoms with Crippen molar-refractivity contribution in [1.29, 1.82) is 0 Å². The van der Waals surface area contributed by atoms with Crippen molar-refractivity contribution >= 4 is 11.6 Å². The van der Waals surface area contributed by atoms with Gasteiger partial charge in [0.15, 0.2) is 0 Å². The van der Waals surface area contributed by atoms with E-state index in [0.717, 1.165) is 17.0 Å². The first kappa shape index (κ1) is 14.1. The standard InChI is InChI=1S/C17H20ClN/c1-4-17(19-3)14-9-7-13(8-10-14)15-6-5-12(2)16(18)11-15/h5-11,17,19H,4H2,1-3H3. The van der Waals surface area contributed by atoms with Gasteiger partial charge in [-0.3, -0.25) is 0 Å². The van der Waals surface area contributed by atoms with Crippen LogP contribution in [0.4, 0.5) is 0 Å². The van der Waals surface area contributed by atoms with Gasteiger partial charge in [0.1, 0.15) is 0 Å². The van der Waals surface area contributed by atoms with Crippen molar-refractivity contribution < 1.29 is 0 Å². The van der Waals surface area contributed by atoms with E-state index < -0.39 is 0 Å². The van der Waals surface area contributed by atoms with Crippen molar-refractivity contribution in [2.75, 3.05) is 7.05 Å². The topological polar surface area (TPSA) is 12.0 Å². The predicted octanol–water partition coefficient (Wildman–Crippen LogP) is 4.99. The molecule has 0 spiro atoms. The third-order valence-electron chi connectivity index (χ3n) is 3.57. The molecular weight excluding hydrogens is 254 g/mol. The number of rotatable bonds is 4. The van der Waals surface area contributed by atoms with Gasteiger partial charge in [0.25, 0.3) is 0 Å². The quantitative estimate of drug-likeness (QED) is 0.828. The van der Waals surface area contributed by atoms with Crippen molar-refractivity contribution in [3.8, 4) is 11.1 Å². The number of nitrogens with one attached hydrogen (secondary N) is 1. The fourth-order valence-corrected chi connectivity index (χ4v) is 2.47. The molecule has 19 heavy (non-hydrogen) atoms. The third kappa shape index (κ3) is 3.17. The highest BCUT2D eigenvalue weighted by Crippen LogP contribution is 2.26. The molecule has 0 saturated carbocycles. The van der Waals surface area contributed by atoms with Gasteiger partial charge >= 0.3 is 0 Å². The van der Waals surface area contributed by atoms with Crippen LogP contribution in [-0.2, 0) is 0 Å². The van der Waals surface area contributed by atoms with E-state index in [0.29, 0.717) is 6.04 Å². The van der Waals surface area contributed by atoms with Crippen molar-refractivity contribution in [3.63, 3.8) is 0 Å². The van der Waals surface area contributed by atoms with Crippen LogP contribution in [-0.4, -0.2) is 7.05 Å². The Hall–Kier alpha value is -1.31. The van der Waals surface area contributed by atoms with Crippen molar-refractivity contribution in [2.45, 2.75) is 26.3 Å². The van der Waals surface area contributed by atoms with E-state index in [1.807, 2.05) is 20.0 Å². The molecule has 1 N–H and O–H groups in total. The summed E-state index contributed by atoms with van der Waals surface area (Å²) in [6.07, 6.45) is 1.09. The molecule has 100 valence electrons. The largest absolute Gasteiger partial charge is 0.313 e. The first-order valence-corrected chi connectivity index (χ1v) is 7.07. The van der Waals surface area contributed by atoms with Crippen LogP contribution in [0, 0.1) is 6.92 Å². The predicted molar refractivity (Wildman–Crippen MR) is 83.7 cm³/mol. The van der Waals surface area contributed by atoms with Gasteiger partial charge in [0.2, 0.25) is 0 Å². The Labute approximate surface area is 120 Å². The molecule has 0 bridgehead atoms.